The van der Waals surface area contributed by atoms with E-state index in [4.69, 9.17) is 9.47 Å². The van der Waals surface area contributed by atoms with E-state index >= 15 is 0 Å². The molecule has 5 heteroatoms. The number of amides is 1. The van der Waals surface area contributed by atoms with Crippen molar-refractivity contribution in [2.45, 2.75) is 45.1 Å². The Labute approximate surface area is 166 Å². The molecular formula is C23H27NO4. The van der Waals surface area contributed by atoms with Crippen LogP contribution in [0.5, 0.6) is 11.5 Å². The maximum atomic E-state index is 12.5. The first-order valence-electron chi connectivity index (χ1n) is 9.73. The van der Waals surface area contributed by atoms with Gasteiger partial charge in [0.05, 0.1) is 14.2 Å². The molecular weight excluding hydrogens is 354 g/mol. The van der Waals surface area contributed by atoms with Crippen LogP contribution in [-0.2, 0) is 24.2 Å². The molecule has 0 aliphatic heterocycles. The lowest BCUT2D eigenvalue weighted by molar-refractivity contribution is -0.121. The average Bonchev–Trinajstić information content (AvgIpc) is 2.75. The zero-order chi connectivity index (χ0) is 19.9. The first kappa shape index (κ1) is 19.9. The summed E-state index contributed by atoms with van der Waals surface area (Å²) in [6.07, 6.45) is 4.95. The molecule has 5 nitrogen and oxygen atoms in total. The largest absolute Gasteiger partial charge is 0.493 e. The van der Waals surface area contributed by atoms with Crippen LogP contribution in [0.25, 0.3) is 0 Å². The first-order chi connectivity index (χ1) is 13.6. The third-order valence-electron chi connectivity index (χ3n) is 5.19. The van der Waals surface area contributed by atoms with Crippen LogP contribution in [0, 0.1) is 0 Å². The van der Waals surface area contributed by atoms with Crippen molar-refractivity contribution >= 4 is 11.7 Å². The first-order valence-corrected chi connectivity index (χ1v) is 9.73. The number of Topliss-reactive ketones (excluding diaryl/α,β-unsaturated/α-hetero) is 1. The fourth-order valence-corrected chi connectivity index (χ4v) is 3.56. The number of fused-ring (bicyclic) bond motifs is 1. The Morgan fingerprint density at radius 3 is 2.39 bits per heavy atom. The van der Waals surface area contributed by atoms with Gasteiger partial charge in [-0.2, -0.15) is 0 Å². The van der Waals surface area contributed by atoms with Gasteiger partial charge >= 0.3 is 0 Å². The maximum absolute atomic E-state index is 12.5. The van der Waals surface area contributed by atoms with Gasteiger partial charge in [0, 0.05) is 24.9 Å². The fraction of sp³-hybridized carbons (Fsp3) is 0.391. The minimum atomic E-state index is -0.138. The molecule has 0 unspecified atom stereocenters. The second-order valence-corrected chi connectivity index (χ2v) is 7.08. The number of hydrogen-bond acceptors (Lipinski definition) is 4. The van der Waals surface area contributed by atoms with E-state index in [1.165, 1.54) is 24.0 Å². The molecule has 2 aromatic rings. The minimum absolute atomic E-state index is 0.0228. The van der Waals surface area contributed by atoms with E-state index in [0.717, 1.165) is 18.4 Å². The number of methoxy groups -OCH3 is 2. The lowest BCUT2D eigenvalue weighted by Crippen LogP contribution is -2.23. The Morgan fingerprint density at radius 1 is 0.893 bits per heavy atom. The molecule has 0 bridgehead atoms. The Bertz CT molecular complexity index is 860. The van der Waals surface area contributed by atoms with Crippen LogP contribution >= 0.6 is 0 Å². The van der Waals surface area contributed by atoms with Crippen molar-refractivity contribution in [1.29, 1.82) is 0 Å². The number of benzene rings is 2. The zero-order valence-corrected chi connectivity index (χ0v) is 16.5. The second-order valence-electron chi connectivity index (χ2n) is 7.08. The molecule has 0 aromatic heterocycles. The Hall–Kier alpha value is -2.82. The van der Waals surface area contributed by atoms with E-state index in [2.05, 4.69) is 11.4 Å². The van der Waals surface area contributed by atoms with Crippen LogP contribution in [-0.4, -0.2) is 25.9 Å². The van der Waals surface area contributed by atoms with E-state index in [-0.39, 0.29) is 24.5 Å². The monoisotopic (exact) mass is 381 g/mol. The van der Waals surface area contributed by atoms with Gasteiger partial charge in [-0.3, -0.25) is 9.59 Å². The van der Waals surface area contributed by atoms with Crippen molar-refractivity contribution < 1.29 is 19.1 Å². The SMILES string of the molecule is COc1ccc(CNC(=O)CCC(=O)c2ccc3c(c2)CCCC3)cc1OC. The Morgan fingerprint density at radius 2 is 1.64 bits per heavy atom. The summed E-state index contributed by atoms with van der Waals surface area (Å²) in [4.78, 5) is 24.6. The number of rotatable bonds is 8. The van der Waals surface area contributed by atoms with Gasteiger partial charge in [-0.25, -0.2) is 0 Å². The normalized spacial score (nSPS) is 12.8. The summed E-state index contributed by atoms with van der Waals surface area (Å²) in [5.74, 6) is 1.15. The molecule has 1 aliphatic carbocycles. The van der Waals surface area contributed by atoms with E-state index in [1.54, 1.807) is 20.3 Å². The van der Waals surface area contributed by atoms with Gasteiger partial charge in [-0.05, 0) is 60.6 Å². The molecule has 0 fully saturated rings. The highest BCUT2D eigenvalue weighted by Crippen LogP contribution is 2.27. The number of carbonyl (C=O) groups is 2. The molecule has 2 aromatic carbocycles. The Kier molecular flexibility index (Phi) is 6.69. The number of ether oxygens (including phenoxy) is 2. The molecule has 0 heterocycles. The number of aryl methyl sites for hydroxylation is 2. The number of carbonyl (C=O) groups excluding carboxylic acids is 2. The van der Waals surface area contributed by atoms with Gasteiger partial charge in [-0.15, -0.1) is 0 Å². The zero-order valence-electron chi connectivity index (χ0n) is 16.5. The predicted molar refractivity (Wildman–Crippen MR) is 108 cm³/mol. The van der Waals surface area contributed by atoms with Crippen molar-refractivity contribution in [3.63, 3.8) is 0 Å². The van der Waals surface area contributed by atoms with Crippen LogP contribution in [0.2, 0.25) is 0 Å². The van der Waals surface area contributed by atoms with Crippen molar-refractivity contribution in [1.82, 2.24) is 5.32 Å². The number of ketones is 1. The molecule has 28 heavy (non-hydrogen) atoms. The predicted octanol–water partition coefficient (Wildman–Crippen LogP) is 3.86. The standard InChI is InChI=1S/C23H27NO4/c1-27-21-11-7-16(13-22(21)28-2)15-24-23(26)12-10-20(25)19-9-8-17-5-3-4-6-18(17)14-19/h7-9,11,13-14H,3-6,10,12,15H2,1-2H3,(H,24,26). The topological polar surface area (TPSA) is 64.6 Å². The van der Waals surface area contributed by atoms with Crippen molar-refractivity contribution in [3.05, 3.63) is 58.7 Å². The second kappa shape index (κ2) is 9.40. The average molecular weight is 381 g/mol. The summed E-state index contributed by atoms with van der Waals surface area (Å²) in [5.41, 5.74) is 4.27. The molecule has 148 valence electrons. The van der Waals surface area contributed by atoms with Crippen LogP contribution in [0.1, 0.15) is 52.7 Å². The number of nitrogens with one attached hydrogen (secondary N) is 1. The van der Waals surface area contributed by atoms with Crippen molar-refractivity contribution in [2.24, 2.45) is 0 Å². The molecule has 0 saturated heterocycles. The smallest absolute Gasteiger partial charge is 0.220 e. The molecule has 0 saturated carbocycles. The van der Waals surface area contributed by atoms with Crippen LogP contribution in [0.3, 0.4) is 0 Å². The molecule has 3 rings (SSSR count). The van der Waals surface area contributed by atoms with E-state index < -0.39 is 0 Å². The lowest BCUT2D eigenvalue weighted by atomic mass is 9.89. The van der Waals surface area contributed by atoms with E-state index in [1.807, 2.05) is 24.3 Å². The van der Waals surface area contributed by atoms with Gasteiger partial charge in [0.25, 0.3) is 0 Å². The molecule has 1 N–H and O–H groups in total. The molecule has 0 spiro atoms. The van der Waals surface area contributed by atoms with Gasteiger partial charge in [0.1, 0.15) is 0 Å². The highest BCUT2D eigenvalue weighted by atomic mass is 16.5. The summed E-state index contributed by atoms with van der Waals surface area (Å²) < 4.78 is 10.5. The highest BCUT2D eigenvalue weighted by Gasteiger charge is 2.14. The minimum Gasteiger partial charge on any atom is -0.493 e. The Balaban J connectivity index is 1.49. The molecule has 1 amide bonds. The van der Waals surface area contributed by atoms with Crippen LogP contribution < -0.4 is 14.8 Å². The quantitative estimate of drug-likeness (QED) is 0.705. The van der Waals surface area contributed by atoms with Crippen LogP contribution in [0.15, 0.2) is 36.4 Å². The highest BCUT2D eigenvalue weighted by molar-refractivity contribution is 5.98. The lowest BCUT2D eigenvalue weighted by Gasteiger charge is -2.16. The van der Waals surface area contributed by atoms with Crippen molar-refractivity contribution in [3.8, 4) is 11.5 Å². The van der Waals surface area contributed by atoms with Gasteiger partial charge in [0.2, 0.25) is 5.91 Å². The van der Waals surface area contributed by atoms with Gasteiger partial charge in [-0.1, -0.05) is 18.2 Å². The summed E-state index contributed by atoms with van der Waals surface area (Å²) in [6.45, 7) is 0.381. The van der Waals surface area contributed by atoms with E-state index in [0.29, 0.717) is 23.6 Å². The van der Waals surface area contributed by atoms with Crippen molar-refractivity contribution in [2.75, 3.05) is 14.2 Å². The van der Waals surface area contributed by atoms with Gasteiger partial charge in [0.15, 0.2) is 17.3 Å². The fourth-order valence-electron chi connectivity index (χ4n) is 3.56. The summed E-state index contributed by atoms with van der Waals surface area (Å²) in [5, 5.41) is 2.86. The third-order valence-corrected chi connectivity index (χ3v) is 5.19. The van der Waals surface area contributed by atoms with Crippen LogP contribution in [0.4, 0.5) is 0 Å². The third kappa shape index (κ3) is 4.91. The molecule has 1 aliphatic rings. The molecule has 0 atom stereocenters. The van der Waals surface area contributed by atoms with Gasteiger partial charge < -0.3 is 14.8 Å². The van der Waals surface area contributed by atoms with E-state index in [9.17, 15) is 9.59 Å². The molecule has 0 radical (unpaired) electrons. The summed E-state index contributed by atoms with van der Waals surface area (Å²) >= 11 is 0. The maximum Gasteiger partial charge on any atom is 0.220 e. The summed E-state index contributed by atoms with van der Waals surface area (Å²) in [7, 11) is 3.16. The number of hydrogen-bond donors (Lipinski definition) is 1. The summed E-state index contributed by atoms with van der Waals surface area (Å²) in [6, 6.07) is 11.5.